The predicted octanol–water partition coefficient (Wildman–Crippen LogP) is 1.68. The Kier molecular flexibility index (Phi) is 4.69. The zero-order valence-electron chi connectivity index (χ0n) is 14.8. The Morgan fingerprint density at radius 1 is 1.28 bits per heavy atom. The van der Waals surface area contributed by atoms with E-state index in [9.17, 15) is 13.2 Å². The Balaban J connectivity index is 1.79. The summed E-state index contributed by atoms with van der Waals surface area (Å²) in [4.78, 5) is 14.2. The van der Waals surface area contributed by atoms with Crippen molar-refractivity contribution in [2.45, 2.75) is 32.7 Å². The van der Waals surface area contributed by atoms with Crippen LogP contribution in [0.15, 0.2) is 30.3 Å². The molecule has 1 aromatic carbocycles. The maximum atomic E-state index is 12.7. The van der Waals surface area contributed by atoms with E-state index in [0.717, 1.165) is 22.6 Å². The summed E-state index contributed by atoms with van der Waals surface area (Å²) in [5.74, 6) is 0.163. The SMILES string of the molecule is Cc1nn(-c2ccccc2)c(C)c1CC(=O)N(C)C1CCS(=O)(=O)C1. The fraction of sp³-hybridized carbons (Fsp3) is 0.444. The molecule has 25 heavy (non-hydrogen) atoms. The number of likely N-dealkylation sites (N-methyl/N-ethyl adjacent to an activating group) is 1. The van der Waals surface area contributed by atoms with Crippen LogP contribution < -0.4 is 0 Å². The van der Waals surface area contributed by atoms with Crippen molar-refractivity contribution in [2.24, 2.45) is 0 Å². The van der Waals surface area contributed by atoms with Gasteiger partial charge in [-0.15, -0.1) is 0 Å². The second-order valence-corrected chi connectivity index (χ2v) is 8.86. The van der Waals surface area contributed by atoms with Crippen molar-refractivity contribution in [1.29, 1.82) is 0 Å². The summed E-state index contributed by atoms with van der Waals surface area (Å²) >= 11 is 0. The van der Waals surface area contributed by atoms with Crippen LogP contribution in [0.3, 0.4) is 0 Å². The van der Waals surface area contributed by atoms with Crippen LogP contribution in [0.25, 0.3) is 5.69 Å². The van der Waals surface area contributed by atoms with E-state index in [1.54, 1.807) is 11.9 Å². The molecule has 0 radical (unpaired) electrons. The normalized spacial score (nSPS) is 19.1. The first-order valence-corrected chi connectivity index (χ1v) is 10.2. The number of amides is 1. The number of carbonyl (C=O) groups is 1. The van der Waals surface area contributed by atoms with Gasteiger partial charge in [-0.2, -0.15) is 5.10 Å². The van der Waals surface area contributed by atoms with Gasteiger partial charge in [-0.3, -0.25) is 4.79 Å². The van der Waals surface area contributed by atoms with Gasteiger partial charge in [0.1, 0.15) is 0 Å². The fourth-order valence-electron chi connectivity index (χ4n) is 3.31. The van der Waals surface area contributed by atoms with Crippen molar-refractivity contribution in [1.82, 2.24) is 14.7 Å². The lowest BCUT2D eigenvalue weighted by Gasteiger charge is -2.23. The maximum Gasteiger partial charge on any atom is 0.227 e. The molecule has 2 aromatic rings. The summed E-state index contributed by atoms with van der Waals surface area (Å²) in [6.45, 7) is 3.85. The molecule has 1 saturated heterocycles. The molecule has 0 spiro atoms. The smallest absolute Gasteiger partial charge is 0.227 e. The third-order valence-electron chi connectivity index (χ3n) is 4.92. The van der Waals surface area contributed by atoms with Crippen LogP contribution in [0, 0.1) is 13.8 Å². The van der Waals surface area contributed by atoms with Crippen LogP contribution in [0.5, 0.6) is 0 Å². The Morgan fingerprint density at radius 2 is 1.96 bits per heavy atom. The lowest BCUT2D eigenvalue weighted by molar-refractivity contribution is -0.130. The first kappa shape index (κ1) is 17.7. The average molecular weight is 361 g/mol. The molecule has 2 heterocycles. The quantitative estimate of drug-likeness (QED) is 0.831. The molecule has 134 valence electrons. The summed E-state index contributed by atoms with van der Waals surface area (Å²) in [7, 11) is -1.31. The Hall–Kier alpha value is -2.15. The van der Waals surface area contributed by atoms with Gasteiger partial charge in [-0.25, -0.2) is 13.1 Å². The Labute approximate surface area is 148 Å². The number of hydrogen-bond acceptors (Lipinski definition) is 4. The van der Waals surface area contributed by atoms with Crippen molar-refractivity contribution in [3.8, 4) is 5.69 Å². The standard InChI is InChI=1S/C18H23N3O3S/c1-13-17(14(2)21(19-13)15-7-5-4-6-8-15)11-18(22)20(3)16-9-10-25(23,24)12-16/h4-8,16H,9-12H2,1-3H3. The Bertz CT molecular complexity index is 888. The highest BCUT2D eigenvalue weighted by Crippen LogP contribution is 2.21. The highest BCUT2D eigenvalue weighted by atomic mass is 32.2. The molecule has 6 nitrogen and oxygen atoms in total. The third kappa shape index (κ3) is 3.61. The number of benzene rings is 1. The molecule has 1 aromatic heterocycles. The van der Waals surface area contributed by atoms with Crippen molar-refractivity contribution < 1.29 is 13.2 Å². The molecular weight excluding hydrogens is 338 g/mol. The van der Waals surface area contributed by atoms with E-state index >= 15 is 0 Å². The Morgan fingerprint density at radius 3 is 2.56 bits per heavy atom. The molecule has 1 amide bonds. The molecular formula is C18H23N3O3S. The van der Waals surface area contributed by atoms with E-state index < -0.39 is 9.84 Å². The van der Waals surface area contributed by atoms with Gasteiger partial charge in [0.15, 0.2) is 9.84 Å². The molecule has 1 aliphatic heterocycles. The minimum atomic E-state index is -3.01. The molecule has 0 aliphatic carbocycles. The zero-order valence-corrected chi connectivity index (χ0v) is 15.6. The monoisotopic (exact) mass is 361 g/mol. The van der Waals surface area contributed by atoms with Gasteiger partial charge in [-0.1, -0.05) is 18.2 Å². The fourth-order valence-corrected chi connectivity index (χ4v) is 5.09. The highest BCUT2D eigenvalue weighted by Gasteiger charge is 2.33. The van der Waals surface area contributed by atoms with Crippen molar-refractivity contribution in [3.05, 3.63) is 47.3 Å². The topological polar surface area (TPSA) is 72.3 Å². The molecule has 1 aliphatic rings. The van der Waals surface area contributed by atoms with Crippen LogP contribution in [0.2, 0.25) is 0 Å². The van der Waals surface area contributed by atoms with Gasteiger partial charge in [-0.05, 0) is 32.4 Å². The van der Waals surface area contributed by atoms with E-state index in [2.05, 4.69) is 5.10 Å². The van der Waals surface area contributed by atoms with Crippen LogP contribution in [0.4, 0.5) is 0 Å². The third-order valence-corrected chi connectivity index (χ3v) is 6.67. The molecule has 1 unspecified atom stereocenters. The van der Waals surface area contributed by atoms with Crippen molar-refractivity contribution >= 4 is 15.7 Å². The van der Waals surface area contributed by atoms with Crippen molar-refractivity contribution in [2.75, 3.05) is 18.6 Å². The van der Waals surface area contributed by atoms with E-state index in [1.807, 2.05) is 48.9 Å². The number of sulfone groups is 1. The largest absolute Gasteiger partial charge is 0.341 e. The number of nitrogens with zero attached hydrogens (tertiary/aromatic N) is 3. The molecule has 7 heteroatoms. The van der Waals surface area contributed by atoms with E-state index in [-0.39, 0.29) is 29.9 Å². The summed E-state index contributed by atoms with van der Waals surface area (Å²) in [5, 5.41) is 4.56. The van der Waals surface area contributed by atoms with Crippen molar-refractivity contribution in [3.63, 3.8) is 0 Å². The maximum absolute atomic E-state index is 12.7. The summed E-state index contributed by atoms with van der Waals surface area (Å²) in [6, 6.07) is 9.57. The van der Waals surface area contributed by atoms with Gasteiger partial charge in [0.05, 0.1) is 29.3 Å². The van der Waals surface area contributed by atoms with Crippen LogP contribution in [-0.4, -0.2) is 53.6 Å². The summed E-state index contributed by atoms with van der Waals surface area (Å²) < 4.78 is 25.1. The van der Waals surface area contributed by atoms with Gasteiger partial charge in [0.25, 0.3) is 0 Å². The highest BCUT2D eigenvalue weighted by molar-refractivity contribution is 7.91. The van der Waals surface area contributed by atoms with Gasteiger partial charge in [0, 0.05) is 24.3 Å². The van der Waals surface area contributed by atoms with Crippen LogP contribution >= 0.6 is 0 Å². The predicted molar refractivity (Wildman–Crippen MR) is 96.6 cm³/mol. The summed E-state index contributed by atoms with van der Waals surface area (Å²) in [6.07, 6.45) is 0.753. The van der Waals surface area contributed by atoms with Gasteiger partial charge >= 0.3 is 0 Å². The van der Waals surface area contributed by atoms with Crippen LogP contribution in [-0.2, 0) is 21.1 Å². The number of hydrogen-bond donors (Lipinski definition) is 0. The minimum absolute atomic E-state index is 0.0660. The second-order valence-electron chi connectivity index (χ2n) is 6.64. The summed E-state index contributed by atoms with van der Waals surface area (Å²) in [5.41, 5.74) is 3.62. The molecule has 1 atom stereocenters. The van der Waals surface area contributed by atoms with E-state index in [4.69, 9.17) is 0 Å². The number of aryl methyl sites for hydroxylation is 1. The second kappa shape index (κ2) is 6.63. The molecule has 1 fully saturated rings. The van der Waals surface area contributed by atoms with Gasteiger partial charge < -0.3 is 4.90 Å². The van der Waals surface area contributed by atoms with Crippen LogP contribution in [0.1, 0.15) is 23.4 Å². The molecule has 3 rings (SSSR count). The zero-order chi connectivity index (χ0) is 18.2. The molecule has 0 saturated carbocycles. The number of rotatable bonds is 4. The molecule has 0 bridgehead atoms. The van der Waals surface area contributed by atoms with Gasteiger partial charge in [0.2, 0.25) is 5.91 Å². The average Bonchev–Trinajstić information content (AvgIpc) is 3.08. The lowest BCUT2D eigenvalue weighted by Crippen LogP contribution is -2.38. The van der Waals surface area contributed by atoms with E-state index in [0.29, 0.717) is 6.42 Å². The minimum Gasteiger partial charge on any atom is -0.341 e. The first-order valence-electron chi connectivity index (χ1n) is 8.35. The number of para-hydroxylation sites is 1. The number of carbonyl (C=O) groups excluding carboxylic acids is 1. The molecule has 0 N–H and O–H groups in total. The van der Waals surface area contributed by atoms with E-state index in [1.165, 1.54) is 0 Å². The number of aromatic nitrogens is 2. The lowest BCUT2D eigenvalue weighted by atomic mass is 10.1. The first-order chi connectivity index (χ1) is 11.8.